The molecular weight excluding hydrogens is 148 g/mol. The Hall–Kier alpha value is -0.370. The van der Waals surface area contributed by atoms with Gasteiger partial charge in [0.2, 0.25) is 0 Å². The van der Waals surface area contributed by atoms with E-state index in [1.165, 1.54) is 32.1 Å². The van der Waals surface area contributed by atoms with Crippen LogP contribution in [0.15, 0.2) is 0 Å². The number of rotatable bonds is 1. The van der Waals surface area contributed by atoms with Crippen LogP contribution in [-0.2, 0) is 0 Å². The third-order valence-electron chi connectivity index (χ3n) is 3.19. The lowest BCUT2D eigenvalue weighted by molar-refractivity contribution is 0.197. The molecule has 0 aromatic rings. The predicted octanol–water partition coefficient (Wildman–Crippen LogP) is 2.04. The predicted molar refractivity (Wildman–Crippen MR) is 50.8 cm³/mol. The molecule has 1 N–H and O–H groups in total. The Labute approximate surface area is 74.5 Å². The molecule has 0 aromatic heterocycles. The molecule has 0 amide bonds. The highest BCUT2D eigenvalue weighted by molar-refractivity contribution is 5.85. The Bertz CT molecular complexity index is 171. The van der Waals surface area contributed by atoms with Gasteiger partial charge < -0.3 is 5.41 Å². The lowest BCUT2D eigenvalue weighted by Gasteiger charge is -2.30. The Balaban J connectivity index is 1.86. The topological polar surface area (TPSA) is 27.1 Å². The highest BCUT2D eigenvalue weighted by Crippen LogP contribution is 2.24. The summed E-state index contributed by atoms with van der Waals surface area (Å²) in [4.78, 5) is 2.52. The van der Waals surface area contributed by atoms with E-state index >= 15 is 0 Å². The van der Waals surface area contributed by atoms with Crippen molar-refractivity contribution in [1.29, 1.82) is 5.41 Å². The first kappa shape index (κ1) is 8.24. The maximum absolute atomic E-state index is 7.56. The maximum Gasteiger partial charge on any atom is 0.0364 e. The fourth-order valence-corrected chi connectivity index (χ4v) is 2.44. The van der Waals surface area contributed by atoms with E-state index in [9.17, 15) is 0 Å². The summed E-state index contributed by atoms with van der Waals surface area (Å²) < 4.78 is 0. The molecule has 2 nitrogen and oxygen atoms in total. The zero-order chi connectivity index (χ0) is 8.39. The summed E-state index contributed by atoms with van der Waals surface area (Å²) in [5.41, 5.74) is 0.945. The highest BCUT2D eigenvalue weighted by Gasteiger charge is 2.25. The first-order chi connectivity index (χ1) is 5.86. The van der Waals surface area contributed by atoms with E-state index in [2.05, 4.69) is 4.90 Å². The van der Waals surface area contributed by atoms with Crippen LogP contribution in [0.5, 0.6) is 0 Å². The molecule has 1 saturated heterocycles. The zero-order valence-corrected chi connectivity index (χ0v) is 7.68. The third kappa shape index (κ3) is 1.69. The van der Waals surface area contributed by atoms with E-state index in [0.717, 1.165) is 31.3 Å². The molecule has 0 atom stereocenters. The summed E-state index contributed by atoms with van der Waals surface area (Å²) in [6.45, 7) is 2.12. The van der Waals surface area contributed by atoms with Crippen LogP contribution >= 0.6 is 0 Å². The van der Waals surface area contributed by atoms with Gasteiger partial charge >= 0.3 is 0 Å². The molecule has 1 heterocycles. The monoisotopic (exact) mass is 166 g/mol. The van der Waals surface area contributed by atoms with Gasteiger partial charge in [-0.2, -0.15) is 0 Å². The van der Waals surface area contributed by atoms with Crippen molar-refractivity contribution in [3.63, 3.8) is 0 Å². The lowest BCUT2D eigenvalue weighted by atomic mass is 9.94. The van der Waals surface area contributed by atoms with Crippen molar-refractivity contribution in [2.75, 3.05) is 13.1 Å². The van der Waals surface area contributed by atoms with Crippen LogP contribution in [0.3, 0.4) is 0 Å². The number of nitrogens with one attached hydrogen (secondary N) is 1. The van der Waals surface area contributed by atoms with Crippen molar-refractivity contribution < 1.29 is 0 Å². The first-order valence-electron chi connectivity index (χ1n) is 5.16. The minimum atomic E-state index is 0.821. The summed E-state index contributed by atoms with van der Waals surface area (Å²) in [6.07, 6.45) is 8.04. The number of nitrogens with zero attached hydrogens (tertiary/aromatic N) is 1. The van der Waals surface area contributed by atoms with Crippen LogP contribution in [0.1, 0.15) is 38.5 Å². The van der Waals surface area contributed by atoms with Crippen LogP contribution < -0.4 is 0 Å². The summed E-state index contributed by atoms with van der Waals surface area (Å²) in [5, 5.41) is 7.56. The second-order valence-corrected chi connectivity index (χ2v) is 4.12. The number of hydrogen-bond acceptors (Lipinski definition) is 2. The molecule has 68 valence electrons. The minimum Gasteiger partial charge on any atom is -0.308 e. The smallest absolute Gasteiger partial charge is 0.0364 e. The minimum absolute atomic E-state index is 0.821. The maximum atomic E-state index is 7.56. The van der Waals surface area contributed by atoms with E-state index in [1.807, 2.05) is 0 Å². The van der Waals surface area contributed by atoms with Crippen molar-refractivity contribution in [1.82, 2.24) is 4.90 Å². The summed E-state index contributed by atoms with van der Waals surface area (Å²) in [6, 6.07) is 0.821. The zero-order valence-electron chi connectivity index (χ0n) is 7.68. The van der Waals surface area contributed by atoms with Crippen molar-refractivity contribution in [2.45, 2.75) is 44.6 Å². The van der Waals surface area contributed by atoms with E-state index in [-0.39, 0.29) is 0 Å². The standard InChI is InChI=1S/C10H18N2/c11-9-6-7-12(8-9)10-4-2-1-3-5-10/h10-11H,1-8H2. The Kier molecular flexibility index (Phi) is 2.45. The molecule has 1 aliphatic heterocycles. The number of likely N-dealkylation sites (tertiary alicyclic amines) is 1. The molecule has 2 aliphatic rings. The van der Waals surface area contributed by atoms with E-state index in [0.29, 0.717) is 0 Å². The summed E-state index contributed by atoms with van der Waals surface area (Å²) in [7, 11) is 0. The molecule has 0 unspecified atom stereocenters. The number of hydrogen-bond donors (Lipinski definition) is 1. The van der Waals surface area contributed by atoms with Crippen LogP contribution in [-0.4, -0.2) is 29.7 Å². The fourth-order valence-electron chi connectivity index (χ4n) is 2.44. The van der Waals surface area contributed by atoms with Crippen LogP contribution in [0.2, 0.25) is 0 Å². The van der Waals surface area contributed by atoms with Gasteiger partial charge in [0.25, 0.3) is 0 Å². The van der Waals surface area contributed by atoms with Gasteiger partial charge in [-0.25, -0.2) is 0 Å². The van der Waals surface area contributed by atoms with Gasteiger partial charge in [-0.05, 0) is 19.3 Å². The van der Waals surface area contributed by atoms with Gasteiger partial charge in [-0.1, -0.05) is 19.3 Å². The molecule has 2 heteroatoms. The Morgan fingerprint density at radius 1 is 1.17 bits per heavy atom. The highest BCUT2D eigenvalue weighted by atomic mass is 15.2. The van der Waals surface area contributed by atoms with E-state index in [1.54, 1.807) is 0 Å². The van der Waals surface area contributed by atoms with E-state index < -0.39 is 0 Å². The molecule has 2 rings (SSSR count). The van der Waals surface area contributed by atoms with Crippen molar-refractivity contribution in [3.8, 4) is 0 Å². The molecule has 1 saturated carbocycles. The molecule has 0 aromatic carbocycles. The lowest BCUT2D eigenvalue weighted by Crippen LogP contribution is -2.34. The Morgan fingerprint density at radius 3 is 2.50 bits per heavy atom. The van der Waals surface area contributed by atoms with Crippen molar-refractivity contribution in [2.24, 2.45) is 0 Å². The van der Waals surface area contributed by atoms with Gasteiger partial charge in [0.15, 0.2) is 0 Å². The fraction of sp³-hybridized carbons (Fsp3) is 0.900. The second kappa shape index (κ2) is 3.56. The Morgan fingerprint density at radius 2 is 1.92 bits per heavy atom. The van der Waals surface area contributed by atoms with Crippen LogP contribution in [0.4, 0.5) is 0 Å². The molecule has 1 aliphatic carbocycles. The van der Waals surface area contributed by atoms with Crippen LogP contribution in [0, 0.1) is 5.41 Å². The average Bonchev–Trinajstić information content (AvgIpc) is 2.54. The van der Waals surface area contributed by atoms with Gasteiger partial charge in [0, 0.05) is 24.8 Å². The summed E-state index contributed by atoms with van der Waals surface area (Å²) >= 11 is 0. The molecule has 12 heavy (non-hydrogen) atoms. The summed E-state index contributed by atoms with van der Waals surface area (Å²) in [5.74, 6) is 0. The SMILES string of the molecule is N=C1CCN(C2CCCCC2)C1. The van der Waals surface area contributed by atoms with Gasteiger partial charge in [-0.15, -0.1) is 0 Å². The van der Waals surface area contributed by atoms with Gasteiger partial charge in [0.1, 0.15) is 0 Å². The largest absolute Gasteiger partial charge is 0.308 e. The normalized spacial score (nSPS) is 28.2. The molecular formula is C10H18N2. The third-order valence-corrected chi connectivity index (χ3v) is 3.19. The molecule has 2 fully saturated rings. The second-order valence-electron chi connectivity index (χ2n) is 4.12. The molecule has 0 spiro atoms. The average molecular weight is 166 g/mol. The van der Waals surface area contributed by atoms with Crippen LogP contribution in [0.25, 0.3) is 0 Å². The quantitative estimate of drug-likeness (QED) is 0.634. The first-order valence-corrected chi connectivity index (χ1v) is 5.16. The van der Waals surface area contributed by atoms with E-state index in [4.69, 9.17) is 5.41 Å². The molecule has 0 radical (unpaired) electrons. The van der Waals surface area contributed by atoms with Crippen molar-refractivity contribution >= 4 is 5.71 Å². The van der Waals surface area contributed by atoms with Crippen molar-refractivity contribution in [3.05, 3.63) is 0 Å². The van der Waals surface area contributed by atoms with Gasteiger partial charge in [0.05, 0.1) is 0 Å². The van der Waals surface area contributed by atoms with Gasteiger partial charge in [-0.3, -0.25) is 4.90 Å². The molecule has 0 bridgehead atoms.